The van der Waals surface area contributed by atoms with Crippen molar-refractivity contribution in [1.82, 2.24) is 5.32 Å². The summed E-state index contributed by atoms with van der Waals surface area (Å²) in [4.78, 5) is 28.0. The fraction of sp³-hybridized carbons (Fsp3) is 0.478. The predicted molar refractivity (Wildman–Crippen MR) is 127 cm³/mol. The van der Waals surface area contributed by atoms with Crippen molar-refractivity contribution in [3.63, 3.8) is 0 Å². The van der Waals surface area contributed by atoms with Crippen molar-refractivity contribution in [2.75, 3.05) is 13.2 Å². The van der Waals surface area contributed by atoms with Crippen LogP contribution in [-0.4, -0.2) is 41.6 Å². The van der Waals surface area contributed by atoms with Crippen LogP contribution >= 0.6 is 0 Å². The van der Waals surface area contributed by atoms with Gasteiger partial charge in [-0.3, -0.25) is 9.59 Å². The number of carbonyl (C=O) groups is 2. The van der Waals surface area contributed by atoms with Crippen LogP contribution in [0.4, 0.5) is 5.69 Å². The second-order valence-electron chi connectivity index (χ2n) is 7.94. The molecule has 9 nitrogen and oxygen atoms in total. The zero-order valence-electron chi connectivity index (χ0n) is 19.3. The highest BCUT2D eigenvalue weighted by atomic mass is 16.5. The monoisotopic (exact) mass is 445 g/mol. The Bertz CT molecular complexity index is 890. The van der Waals surface area contributed by atoms with Crippen LogP contribution in [0.15, 0.2) is 34.5 Å². The maximum absolute atomic E-state index is 12.8. The fourth-order valence-corrected chi connectivity index (χ4v) is 2.71. The van der Waals surface area contributed by atoms with Gasteiger partial charge in [0, 0.05) is 6.54 Å². The average Bonchev–Trinajstić information content (AvgIpc) is 2.71. The zero-order chi connectivity index (χ0) is 24.3. The molecule has 0 saturated heterocycles. The summed E-state index contributed by atoms with van der Waals surface area (Å²) in [5.41, 5.74) is 12.1. The minimum atomic E-state index is -0.590. The van der Waals surface area contributed by atoms with Gasteiger partial charge in [0.15, 0.2) is 12.4 Å². The number of unbranched alkanes of at least 4 members (excludes halogenated alkanes) is 1. The first-order valence-electron chi connectivity index (χ1n) is 10.7. The van der Waals surface area contributed by atoms with Gasteiger partial charge in [0.1, 0.15) is 17.2 Å². The highest BCUT2D eigenvalue weighted by Crippen LogP contribution is 2.24. The molecular weight excluding hydrogens is 410 g/mol. The summed E-state index contributed by atoms with van der Waals surface area (Å²) in [6, 6.07) is 4.87. The minimum Gasteiger partial charge on any atom is -0.505 e. The molecule has 1 aromatic rings. The number of nitrogens with zero attached hydrogens (tertiary/aromatic N) is 1. The number of amidine groups is 1. The van der Waals surface area contributed by atoms with Crippen LogP contribution in [0.1, 0.15) is 52.0 Å². The first-order chi connectivity index (χ1) is 15.1. The van der Waals surface area contributed by atoms with E-state index in [9.17, 15) is 14.7 Å². The maximum Gasteiger partial charge on any atom is 0.258 e. The van der Waals surface area contributed by atoms with Gasteiger partial charge in [-0.05, 0) is 55.9 Å². The Morgan fingerprint density at radius 1 is 1.28 bits per heavy atom. The van der Waals surface area contributed by atoms with Gasteiger partial charge in [0.05, 0.1) is 11.4 Å². The van der Waals surface area contributed by atoms with Crippen LogP contribution in [0.5, 0.6) is 5.75 Å². The third kappa shape index (κ3) is 8.79. The molecule has 0 aliphatic carbocycles. The number of hydrogen-bond acceptors (Lipinski definition) is 6. The van der Waals surface area contributed by atoms with Crippen LogP contribution in [-0.2, 0) is 9.59 Å². The molecule has 0 atom stereocenters. The smallest absolute Gasteiger partial charge is 0.258 e. The lowest BCUT2D eigenvalue weighted by atomic mass is 10.1. The van der Waals surface area contributed by atoms with Gasteiger partial charge in [-0.1, -0.05) is 27.2 Å². The highest BCUT2D eigenvalue weighted by Gasteiger charge is 2.22. The van der Waals surface area contributed by atoms with E-state index >= 15 is 0 Å². The van der Waals surface area contributed by atoms with E-state index in [1.165, 1.54) is 0 Å². The van der Waals surface area contributed by atoms with Crippen LogP contribution in [0.25, 0.3) is 0 Å². The number of aliphatic imine (C=N–C) groups is 1. The topological polar surface area (TPSA) is 164 Å². The first kappa shape index (κ1) is 26.7. The molecule has 0 heterocycles. The standard InChI is InChI=1S/C23H35N5O4/c1-5-6-7-17(24)21(30)20(23(31)27-11-10-14(2)3)22(26)28-18-9-8-16(12-15(18)4)32-13-19(25)29/h8-9,12,14,24,30H,5-7,10-11,13H2,1-4H3,(H2,25,29)(H2,26,28)(H,27,31)/b21-20+,24-17?. The molecule has 0 aromatic heterocycles. The normalized spacial score (nSPS) is 12.3. The van der Waals surface area contributed by atoms with Gasteiger partial charge in [-0.15, -0.1) is 0 Å². The fourth-order valence-electron chi connectivity index (χ4n) is 2.71. The lowest BCUT2D eigenvalue weighted by molar-refractivity contribution is -0.120. The van der Waals surface area contributed by atoms with E-state index in [2.05, 4.69) is 10.3 Å². The Balaban J connectivity index is 3.24. The summed E-state index contributed by atoms with van der Waals surface area (Å²) in [5.74, 6) is -1.01. The number of hydrogen-bond donors (Lipinski definition) is 5. The number of amides is 2. The van der Waals surface area contributed by atoms with E-state index in [0.29, 0.717) is 42.3 Å². The van der Waals surface area contributed by atoms with Crippen molar-refractivity contribution in [2.24, 2.45) is 22.4 Å². The summed E-state index contributed by atoms with van der Waals surface area (Å²) < 4.78 is 5.27. The molecule has 0 spiro atoms. The third-order valence-electron chi connectivity index (χ3n) is 4.58. The van der Waals surface area contributed by atoms with Gasteiger partial charge in [0.25, 0.3) is 11.8 Å². The van der Waals surface area contributed by atoms with E-state index in [-0.39, 0.29) is 23.7 Å². The number of aryl methyl sites for hydroxylation is 1. The average molecular weight is 446 g/mol. The Kier molecular flexibility index (Phi) is 11.0. The molecule has 32 heavy (non-hydrogen) atoms. The van der Waals surface area contributed by atoms with Crippen LogP contribution in [0, 0.1) is 18.3 Å². The van der Waals surface area contributed by atoms with E-state index in [0.717, 1.165) is 12.8 Å². The van der Waals surface area contributed by atoms with Crippen molar-refractivity contribution >= 4 is 29.0 Å². The summed E-state index contributed by atoms with van der Waals surface area (Å²) >= 11 is 0. The Labute approximate surface area is 189 Å². The van der Waals surface area contributed by atoms with Gasteiger partial charge >= 0.3 is 0 Å². The molecule has 7 N–H and O–H groups in total. The number of nitrogens with one attached hydrogen (secondary N) is 2. The molecule has 0 bridgehead atoms. The van der Waals surface area contributed by atoms with Crippen molar-refractivity contribution in [2.45, 2.75) is 53.4 Å². The lowest BCUT2D eigenvalue weighted by Gasteiger charge is -2.13. The summed E-state index contributed by atoms with van der Waals surface area (Å²) in [6.45, 7) is 7.98. The summed E-state index contributed by atoms with van der Waals surface area (Å²) in [7, 11) is 0. The first-order valence-corrected chi connectivity index (χ1v) is 10.7. The SMILES string of the molecule is CCCCC(=N)/C(O)=C(\C(=O)NCCC(C)C)C(N)=Nc1ccc(OCC(N)=O)cc1C. The second-order valence-corrected chi connectivity index (χ2v) is 7.94. The molecule has 0 radical (unpaired) electrons. The van der Waals surface area contributed by atoms with Gasteiger partial charge in [-0.2, -0.15) is 0 Å². The number of nitrogens with two attached hydrogens (primary N) is 2. The van der Waals surface area contributed by atoms with Gasteiger partial charge < -0.3 is 32.0 Å². The van der Waals surface area contributed by atoms with Gasteiger partial charge in [0.2, 0.25) is 0 Å². The largest absolute Gasteiger partial charge is 0.505 e. The summed E-state index contributed by atoms with van der Waals surface area (Å²) in [6.07, 6.45) is 2.63. The Morgan fingerprint density at radius 2 is 1.97 bits per heavy atom. The quantitative estimate of drug-likeness (QED) is 0.136. The molecule has 0 saturated carbocycles. The van der Waals surface area contributed by atoms with Crippen LogP contribution < -0.4 is 21.5 Å². The number of primary amides is 1. The predicted octanol–water partition coefficient (Wildman–Crippen LogP) is 3.03. The van der Waals surface area contributed by atoms with Crippen LogP contribution in [0.2, 0.25) is 0 Å². The molecule has 176 valence electrons. The highest BCUT2D eigenvalue weighted by molar-refractivity contribution is 6.24. The Hall–Kier alpha value is -3.36. The Morgan fingerprint density at radius 3 is 2.53 bits per heavy atom. The molecule has 2 amide bonds. The molecule has 0 unspecified atom stereocenters. The van der Waals surface area contributed by atoms with Crippen LogP contribution in [0.3, 0.4) is 0 Å². The number of ether oxygens (including phenoxy) is 1. The molecule has 1 aromatic carbocycles. The number of aliphatic hydroxyl groups is 1. The molecule has 9 heteroatoms. The summed E-state index contributed by atoms with van der Waals surface area (Å²) in [5, 5.41) is 21.5. The number of benzene rings is 1. The third-order valence-corrected chi connectivity index (χ3v) is 4.58. The molecular formula is C23H35N5O4. The van der Waals surface area contributed by atoms with Gasteiger partial charge in [-0.25, -0.2) is 4.99 Å². The van der Waals surface area contributed by atoms with Crippen molar-refractivity contribution < 1.29 is 19.4 Å². The lowest BCUT2D eigenvalue weighted by Crippen LogP contribution is -2.34. The second kappa shape index (κ2) is 13.1. The molecule has 0 aliphatic rings. The number of aliphatic hydroxyl groups excluding tert-OH is 1. The maximum atomic E-state index is 12.8. The zero-order valence-corrected chi connectivity index (χ0v) is 19.3. The molecule has 0 fully saturated rings. The number of allylic oxidation sites excluding steroid dienone is 1. The number of rotatable bonds is 13. The van der Waals surface area contributed by atoms with E-state index in [1.807, 2.05) is 20.8 Å². The van der Waals surface area contributed by atoms with Crippen molar-refractivity contribution in [1.29, 1.82) is 5.41 Å². The molecule has 1 rings (SSSR count). The number of carbonyl (C=O) groups excluding carboxylic acids is 2. The van der Waals surface area contributed by atoms with E-state index < -0.39 is 17.6 Å². The minimum absolute atomic E-state index is 0.0640. The van der Waals surface area contributed by atoms with E-state index in [4.69, 9.17) is 21.6 Å². The molecule has 0 aliphatic heterocycles. The van der Waals surface area contributed by atoms with E-state index in [1.54, 1.807) is 25.1 Å². The van der Waals surface area contributed by atoms with Crippen molar-refractivity contribution in [3.05, 3.63) is 35.1 Å². The van der Waals surface area contributed by atoms with Crippen molar-refractivity contribution in [3.8, 4) is 5.75 Å².